The second-order valence-electron chi connectivity index (χ2n) is 7.44. The van der Waals surface area contributed by atoms with Gasteiger partial charge in [-0.1, -0.05) is 31.7 Å². The number of hydrogen-bond acceptors (Lipinski definition) is 6. The number of sulfonamides is 1. The van der Waals surface area contributed by atoms with Gasteiger partial charge in [-0.15, -0.1) is 0 Å². The van der Waals surface area contributed by atoms with Gasteiger partial charge in [0.05, 0.1) is 22.6 Å². The van der Waals surface area contributed by atoms with Crippen molar-refractivity contribution in [1.82, 2.24) is 5.32 Å². The summed E-state index contributed by atoms with van der Waals surface area (Å²) in [5.74, 6) is -0.187. The van der Waals surface area contributed by atoms with Crippen LogP contribution in [0.1, 0.15) is 48.9 Å². The number of amides is 1. The molecule has 9 nitrogen and oxygen atoms in total. The summed E-state index contributed by atoms with van der Waals surface area (Å²) < 4.78 is 33.2. The Morgan fingerprint density at radius 2 is 1.81 bits per heavy atom. The summed E-state index contributed by atoms with van der Waals surface area (Å²) in [5, 5.41) is 14.0. The monoisotopic (exact) mass is 447 g/mol. The van der Waals surface area contributed by atoms with Crippen LogP contribution < -0.4 is 14.8 Å². The number of non-ortho nitro benzene ring substituents is 1. The summed E-state index contributed by atoms with van der Waals surface area (Å²) in [7, 11) is -2.79. The van der Waals surface area contributed by atoms with E-state index in [1.165, 1.54) is 37.4 Å². The van der Waals surface area contributed by atoms with Crippen LogP contribution in [0.5, 0.6) is 5.75 Å². The van der Waals surface area contributed by atoms with Crippen molar-refractivity contribution < 1.29 is 22.9 Å². The van der Waals surface area contributed by atoms with Gasteiger partial charge in [-0.25, -0.2) is 8.42 Å². The van der Waals surface area contributed by atoms with Crippen LogP contribution in [0.4, 0.5) is 11.4 Å². The molecule has 0 spiro atoms. The third kappa shape index (κ3) is 5.72. The van der Waals surface area contributed by atoms with Gasteiger partial charge in [0.2, 0.25) is 0 Å². The number of benzene rings is 2. The van der Waals surface area contributed by atoms with E-state index in [0.717, 1.165) is 44.6 Å². The number of nitrogens with zero attached hydrogens (tertiary/aromatic N) is 1. The normalized spacial score (nSPS) is 15.0. The van der Waals surface area contributed by atoms with E-state index in [1.807, 2.05) is 0 Å². The van der Waals surface area contributed by atoms with Crippen LogP contribution >= 0.6 is 0 Å². The summed E-state index contributed by atoms with van der Waals surface area (Å²) in [6.07, 6.45) is 6.28. The number of nitro benzene ring substituents is 1. The fraction of sp³-hybridized carbons (Fsp3) is 0.381. The predicted molar refractivity (Wildman–Crippen MR) is 116 cm³/mol. The van der Waals surface area contributed by atoms with Crippen molar-refractivity contribution in [2.24, 2.45) is 0 Å². The molecule has 2 N–H and O–H groups in total. The summed E-state index contributed by atoms with van der Waals surface area (Å²) in [4.78, 5) is 22.9. The molecule has 0 unspecified atom stereocenters. The smallest absolute Gasteiger partial charge is 0.271 e. The zero-order valence-corrected chi connectivity index (χ0v) is 18.0. The number of rotatable bonds is 7. The summed E-state index contributed by atoms with van der Waals surface area (Å²) in [5.41, 5.74) is -0.113. The number of methoxy groups -OCH3 is 1. The minimum absolute atomic E-state index is 0.0648. The van der Waals surface area contributed by atoms with Crippen LogP contribution in [0.2, 0.25) is 0 Å². The molecule has 1 fully saturated rings. The molecule has 1 aliphatic carbocycles. The van der Waals surface area contributed by atoms with Crippen LogP contribution in [-0.2, 0) is 10.0 Å². The number of carbonyl (C=O) groups is 1. The van der Waals surface area contributed by atoms with Crippen LogP contribution in [-0.4, -0.2) is 32.4 Å². The quantitative estimate of drug-likeness (QED) is 0.377. The number of hydrogen-bond donors (Lipinski definition) is 2. The van der Waals surface area contributed by atoms with Crippen LogP contribution in [0, 0.1) is 10.1 Å². The molecule has 31 heavy (non-hydrogen) atoms. The molecule has 0 aromatic heterocycles. The average Bonchev–Trinajstić information content (AvgIpc) is 3.02. The Bertz CT molecular complexity index is 1060. The molecule has 0 heterocycles. The van der Waals surface area contributed by atoms with Crippen LogP contribution in [0.15, 0.2) is 47.4 Å². The Labute approximate surface area is 181 Å². The van der Waals surface area contributed by atoms with Gasteiger partial charge < -0.3 is 10.1 Å². The molecular weight excluding hydrogens is 422 g/mol. The van der Waals surface area contributed by atoms with Crippen molar-refractivity contribution in [2.45, 2.75) is 49.5 Å². The third-order valence-corrected chi connectivity index (χ3v) is 6.60. The molecule has 0 bridgehead atoms. The second kappa shape index (κ2) is 9.78. The Hall–Kier alpha value is -3.14. The zero-order valence-electron chi connectivity index (χ0n) is 17.2. The summed E-state index contributed by atoms with van der Waals surface area (Å²) in [6, 6.07) is 9.38. The first-order valence-corrected chi connectivity index (χ1v) is 11.5. The highest BCUT2D eigenvalue weighted by Gasteiger charge is 2.21. The molecule has 0 aliphatic heterocycles. The topological polar surface area (TPSA) is 128 Å². The van der Waals surface area contributed by atoms with Crippen LogP contribution in [0.3, 0.4) is 0 Å². The maximum absolute atomic E-state index is 12.9. The molecule has 0 radical (unpaired) electrons. The van der Waals surface area contributed by atoms with E-state index in [2.05, 4.69) is 10.0 Å². The van der Waals surface area contributed by atoms with Gasteiger partial charge in [-0.05, 0) is 37.1 Å². The fourth-order valence-corrected chi connectivity index (χ4v) is 4.70. The SMILES string of the molecule is COc1ccc([N+](=O)[O-])cc1NS(=O)(=O)c1cccc(C(=O)NC2CCCCCC2)c1. The van der Waals surface area contributed by atoms with E-state index in [4.69, 9.17) is 4.74 Å². The van der Waals surface area contributed by atoms with Gasteiger partial charge in [-0.3, -0.25) is 19.6 Å². The van der Waals surface area contributed by atoms with E-state index in [1.54, 1.807) is 6.07 Å². The Morgan fingerprint density at radius 3 is 2.45 bits per heavy atom. The van der Waals surface area contributed by atoms with Crippen molar-refractivity contribution in [3.05, 3.63) is 58.1 Å². The molecule has 0 atom stereocenters. The van der Waals surface area contributed by atoms with E-state index in [0.29, 0.717) is 0 Å². The lowest BCUT2D eigenvalue weighted by Crippen LogP contribution is -2.34. The first kappa shape index (κ1) is 22.5. The maximum Gasteiger partial charge on any atom is 0.271 e. The molecule has 2 aromatic rings. The predicted octanol–water partition coefficient (Wildman–Crippen LogP) is 3.86. The molecule has 0 saturated heterocycles. The van der Waals surface area contributed by atoms with Crippen molar-refractivity contribution in [1.29, 1.82) is 0 Å². The Balaban J connectivity index is 1.81. The summed E-state index contributed by atoms with van der Waals surface area (Å²) in [6.45, 7) is 0. The number of ether oxygens (including phenoxy) is 1. The first-order chi connectivity index (χ1) is 14.8. The van der Waals surface area contributed by atoms with Crippen LogP contribution in [0.25, 0.3) is 0 Å². The maximum atomic E-state index is 12.9. The Kier molecular flexibility index (Phi) is 7.11. The van der Waals surface area contributed by atoms with Crippen molar-refractivity contribution >= 4 is 27.3 Å². The highest BCUT2D eigenvalue weighted by Crippen LogP contribution is 2.31. The van der Waals surface area contributed by atoms with Crippen molar-refractivity contribution in [3.63, 3.8) is 0 Å². The molecule has 166 valence electrons. The fourth-order valence-electron chi connectivity index (χ4n) is 3.59. The average molecular weight is 448 g/mol. The van der Waals surface area contributed by atoms with Gasteiger partial charge >= 0.3 is 0 Å². The zero-order chi connectivity index (χ0) is 22.4. The lowest BCUT2D eigenvalue weighted by Gasteiger charge is -2.17. The molecular formula is C21H25N3O6S. The molecule has 1 amide bonds. The lowest BCUT2D eigenvalue weighted by atomic mass is 10.1. The summed E-state index contributed by atoms with van der Waals surface area (Å²) >= 11 is 0. The van der Waals surface area contributed by atoms with Crippen molar-refractivity contribution in [2.75, 3.05) is 11.8 Å². The second-order valence-corrected chi connectivity index (χ2v) is 9.12. The largest absolute Gasteiger partial charge is 0.495 e. The Morgan fingerprint density at radius 1 is 1.10 bits per heavy atom. The minimum atomic E-state index is -4.12. The van der Waals surface area contributed by atoms with Gasteiger partial charge in [-0.2, -0.15) is 0 Å². The minimum Gasteiger partial charge on any atom is -0.495 e. The number of anilines is 1. The van der Waals surface area contributed by atoms with E-state index in [9.17, 15) is 23.3 Å². The van der Waals surface area contributed by atoms with E-state index >= 15 is 0 Å². The first-order valence-electron chi connectivity index (χ1n) is 10.1. The van der Waals surface area contributed by atoms with E-state index in [-0.39, 0.29) is 39.5 Å². The molecule has 1 aliphatic rings. The molecule has 1 saturated carbocycles. The van der Waals surface area contributed by atoms with Crippen molar-refractivity contribution in [3.8, 4) is 5.75 Å². The third-order valence-electron chi connectivity index (χ3n) is 5.24. The number of nitrogens with one attached hydrogen (secondary N) is 2. The number of nitro groups is 1. The van der Waals surface area contributed by atoms with Gasteiger partial charge in [0, 0.05) is 23.7 Å². The lowest BCUT2D eigenvalue weighted by molar-refractivity contribution is -0.384. The standard InChI is InChI=1S/C21H25N3O6S/c1-30-20-12-11-17(24(26)27)14-19(20)23-31(28,29)18-10-6-7-15(13-18)21(25)22-16-8-4-2-3-5-9-16/h6-7,10-14,16,23H,2-5,8-9H2,1H3,(H,22,25). The van der Waals surface area contributed by atoms with E-state index < -0.39 is 14.9 Å². The molecule has 3 rings (SSSR count). The number of carbonyl (C=O) groups excluding carboxylic acids is 1. The highest BCUT2D eigenvalue weighted by molar-refractivity contribution is 7.92. The van der Waals surface area contributed by atoms with Gasteiger partial charge in [0.25, 0.3) is 21.6 Å². The van der Waals surface area contributed by atoms with Gasteiger partial charge in [0.1, 0.15) is 5.75 Å². The highest BCUT2D eigenvalue weighted by atomic mass is 32.2. The molecule has 2 aromatic carbocycles. The molecule has 10 heteroatoms. The van der Waals surface area contributed by atoms with Gasteiger partial charge in [0.15, 0.2) is 0 Å².